The van der Waals surface area contributed by atoms with Crippen LogP contribution in [0.5, 0.6) is 0 Å². The Morgan fingerprint density at radius 1 is 1.64 bits per heavy atom. The minimum atomic E-state index is 0.632. The molecule has 1 fully saturated rings. The van der Waals surface area contributed by atoms with E-state index in [1.807, 2.05) is 13.2 Å². The molecule has 1 aliphatic carbocycles. The van der Waals surface area contributed by atoms with Crippen molar-refractivity contribution < 1.29 is 0 Å². The van der Waals surface area contributed by atoms with Gasteiger partial charge in [-0.15, -0.1) is 0 Å². The highest BCUT2D eigenvalue weighted by atomic mass is 15.2. The van der Waals surface area contributed by atoms with Crippen molar-refractivity contribution in [3.05, 3.63) is 12.4 Å². The van der Waals surface area contributed by atoms with Gasteiger partial charge in [-0.1, -0.05) is 19.8 Å². The van der Waals surface area contributed by atoms with E-state index in [0.29, 0.717) is 6.04 Å². The predicted molar refractivity (Wildman–Crippen MR) is 58.4 cm³/mol. The predicted octanol–water partition coefficient (Wildman–Crippen LogP) is 2.68. The normalized spacial score (nSPS) is 18.1. The Hall–Kier alpha value is -0.990. The maximum Gasteiger partial charge on any atom is 0.202 e. The van der Waals surface area contributed by atoms with Gasteiger partial charge in [0.2, 0.25) is 5.95 Å². The monoisotopic (exact) mass is 193 g/mol. The van der Waals surface area contributed by atoms with Gasteiger partial charge in [-0.3, -0.25) is 0 Å². The molecule has 1 atom stereocenters. The molecule has 1 aromatic rings. The zero-order chi connectivity index (χ0) is 9.97. The van der Waals surface area contributed by atoms with E-state index in [-0.39, 0.29) is 0 Å². The number of hydrogen-bond acceptors (Lipinski definition) is 2. The van der Waals surface area contributed by atoms with Gasteiger partial charge in [0.1, 0.15) is 0 Å². The van der Waals surface area contributed by atoms with Crippen LogP contribution in [0.2, 0.25) is 0 Å². The summed E-state index contributed by atoms with van der Waals surface area (Å²) in [7, 11) is 1.93. The van der Waals surface area contributed by atoms with Gasteiger partial charge in [0.15, 0.2) is 0 Å². The first kappa shape index (κ1) is 9.56. The lowest BCUT2D eigenvalue weighted by atomic mass is 10.1. The molecule has 0 radical (unpaired) electrons. The van der Waals surface area contributed by atoms with Crippen molar-refractivity contribution in [3.8, 4) is 0 Å². The number of anilines is 1. The van der Waals surface area contributed by atoms with Crippen molar-refractivity contribution in [2.24, 2.45) is 5.92 Å². The summed E-state index contributed by atoms with van der Waals surface area (Å²) in [5, 5.41) is 3.14. The van der Waals surface area contributed by atoms with Crippen molar-refractivity contribution in [2.75, 3.05) is 12.4 Å². The summed E-state index contributed by atoms with van der Waals surface area (Å²) in [4.78, 5) is 4.28. The van der Waals surface area contributed by atoms with Crippen molar-refractivity contribution in [2.45, 2.75) is 38.6 Å². The number of rotatable bonds is 5. The van der Waals surface area contributed by atoms with Gasteiger partial charge in [0.25, 0.3) is 0 Å². The van der Waals surface area contributed by atoms with Crippen LogP contribution in [0.15, 0.2) is 12.4 Å². The average molecular weight is 193 g/mol. The van der Waals surface area contributed by atoms with Gasteiger partial charge in [0, 0.05) is 25.5 Å². The van der Waals surface area contributed by atoms with Gasteiger partial charge < -0.3 is 9.88 Å². The summed E-state index contributed by atoms with van der Waals surface area (Å²) >= 11 is 0. The molecule has 14 heavy (non-hydrogen) atoms. The fraction of sp³-hybridized carbons (Fsp3) is 0.727. The molecule has 3 nitrogen and oxygen atoms in total. The molecule has 0 spiro atoms. The van der Waals surface area contributed by atoms with Crippen LogP contribution >= 0.6 is 0 Å². The minimum Gasteiger partial charge on any atom is -0.359 e. The van der Waals surface area contributed by atoms with E-state index < -0.39 is 0 Å². The second kappa shape index (κ2) is 4.03. The van der Waals surface area contributed by atoms with Crippen LogP contribution in [0.3, 0.4) is 0 Å². The average Bonchev–Trinajstić information content (AvgIpc) is 2.90. The summed E-state index contributed by atoms with van der Waals surface area (Å²) < 4.78 is 2.28. The van der Waals surface area contributed by atoms with E-state index in [1.54, 1.807) is 0 Å². The van der Waals surface area contributed by atoms with E-state index >= 15 is 0 Å². The lowest BCUT2D eigenvalue weighted by molar-refractivity contribution is 0.432. The molecule has 0 aliphatic heterocycles. The van der Waals surface area contributed by atoms with Gasteiger partial charge in [-0.2, -0.15) is 0 Å². The molecule has 1 saturated carbocycles. The Morgan fingerprint density at radius 3 is 3.00 bits per heavy atom. The molecule has 0 aromatic carbocycles. The number of hydrogen-bond donors (Lipinski definition) is 1. The molecule has 1 aromatic heterocycles. The Labute approximate surface area is 85.5 Å². The van der Waals surface area contributed by atoms with Crippen molar-refractivity contribution in [1.82, 2.24) is 9.55 Å². The fourth-order valence-electron chi connectivity index (χ4n) is 2.02. The zero-order valence-corrected chi connectivity index (χ0v) is 9.03. The lowest BCUT2D eigenvalue weighted by Crippen LogP contribution is -2.11. The number of nitrogens with one attached hydrogen (secondary N) is 1. The molecule has 0 amide bonds. The first-order valence-electron chi connectivity index (χ1n) is 5.55. The van der Waals surface area contributed by atoms with Crippen LogP contribution < -0.4 is 5.32 Å². The Bertz CT molecular complexity index is 288. The smallest absolute Gasteiger partial charge is 0.202 e. The maximum atomic E-state index is 4.28. The molecular weight excluding hydrogens is 174 g/mol. The SMILES string of the molecule is CCC(CC1CC1)n1ccnc1NC. The maximum absolute atomic E-state index is 4.28. The van der Waals surface area contributed by atoms with Crippen LogP contribution in [0.25, 0.3) is 0 Å². The molecule has 0 bridgehead atoms. The van der Waals surface area contributed by atoms with Crippen LogP contribution in [-0.2, 0) is 0 Å². The van der Waals surface area contributed by atoms with Gasteiger partial charge in [0.05, 0.1) is 0 Å². The molecule has 1 aliphatic rings. The summed E-state index contributed by atoms with van der Waals surface area (Å²) in [6, 6.07) is 0.632. The van der Waals surface area contributed by atoms with Gasteiger partial charge in [-0.25, -0.2) is 4.98 Å². The van der Waals surface area contributed by atoms with E-state index in [2.05, 4.69) is 28.0 Å². The molecule has 78 valence electrons. The Kier molecular flexibility index (Phi) is 2.75. The summed E-state index contributed by atoms with van der Waals surface area (Å²) in [5.74, 6) is 1.98. The van der Waals surface area contributed by atoms with E-state index in [1.165, 1.54) is 25.7 Å². The van der Waals surface area contributed by atoms with Crippen LogP contribution in [-0.4, -0.2) is 16.6 Å². The van der Waals surface area contributed by atoms with E-state index in [0.717, 1.165) is 11.9 Å². The molecule has 1 unspecified atom stereocenters. The first-order chi connectivity index (χ1) is 6.85. The number of imidazole rings is 1. The van der Waals surface area contributed by atoms with Gasteiger partial charge in [-0.05, 0) is 18.8 Å². The lowest BCUT2D eigenvalue weighted by Gasteiger charge is -2.18. The molecule has 3 heteroatoms. The molecular formula is C11H19N3. The zero-order valence-electron chi connectivity index (χ0n) is 9.03. The topological polar surface area (TPSA) is 29.9 Å². The molecule has 2 rings (SSSR count). The van der Waals surface area contributed by atoms with Gasteiger partial charge >= 0.3 is 0 Å². The molecule has 1 heterocycles. The third-order valence-corrected chi connectivity index (χ3v) is 3.06. The second-order valence-corrected chi connectivity index (χ2v) is 4.15. The van der Waals surface area contributed by atoms with Crippen LogP contribution in [0, 0.1) is 5.92 Å². The third-order valence-electron chi connectivity index (χ3n) is 3.06. The highest BCUT2D eigenvalue weighted by Gasteiger charge is 2.26. The second-order valence-electron chi connectivity index (χ2n) is 4.15. The highest BCUT2D eigenvalue weighted by Crippen LogP contribution is 2.38. The van der Waals surface area contributed by atoms with Crippen LogP contribution in [0.1, 0.15) is 38.6 Å². The number of nitrogens with zero attached hydrogens (tertiary/aromatic N) is 2. The number of aromatic nitrogens is 2. The standard InChI is InChI=1S/C11H19N3/c1-3-10(8-9-4-5-9)14-7-6-13-11(14)12-2/h6-7,9-10H,3-5,8H2,1-2H3,(H,12,13). The summed E-state index contributed by atoms with van der Waals surface area (Å²) in [5.41, 5.74) is 0. The largest absolute Gasteiger partial charge is 0.359 e. The third kappa shape index (κ3) is 1.91. The molecule has 0 saturated heterocycles. The van der Waals surface area contributed by atoms with E-state index in [9.17, 15) is 0 Å². The summed E-state index contributed by atoms with van der Waals surface area (Å²) in [6.07, 6.45) is 9.34. The van der Waals surface area contributed by atoms with Crippen molar-refractivity contribution in [1.29, 1.82) is 0 Å². The Balaban J connectivity index is 2.08. The first-order valence-corrected chi connectivity index (χ1v) is 5.55. The van der Waals surface area contributed by atoms with Crippen molar-refractivity contribution >= 4 is 5.95 Å². The van der Waals surface area contributed by atoms with Crippen molar-refractivity contribution in [3.63, 3.8) is 0 Å². The Morgan fingerprint density at radius 2 is 2.43 bits per heavy atom. The quantitative estimate of drug-likeness (QED) is 0.779. The highest BCUT2D eigenvalue weighted by molar-refractivity contribution is 5.25. The minimum absolute atomic E-state index is 0.632. The fourth-order valence-corrected chi connectivity index (χ4v) is 2.02. The molecule has 1 N–H and O–H groups in total. The summed E-state index contributed by atoms with van der Waals surface area (Å²) in [6.45, 7) is 2.26. The van der Waals surface area contributed by atoms with E-state index in [4.69, 9.17) is 0 Å². The van der Waals surface area contributed by atoms with Crippen LogP contribution in [0.4, 0.5) is 5.95 Å².